The van der Waals surface area contributed by atoms with E-state index in [1.54, 1.807) is 55.6 Å². The molecule has 0 saturated heterocycles. The van der Waals surface area contributed by atoms with E-state index in [0.29, 0.717) is 35.0 Å². The summed E-state index contributed by atoms with van der Waals surface area (Å²) < 4.78 is 5.26. The Hall–Kier alpha value is -5.09. The first-order valence-corrected chi connectivity index (χ1v) is 15.7. The third kappa shape index (κ3) is 6.41. The van der Waals surface area contributed by atoms with Crippen molar-refractivity contribution in [2.45, 2.75) is 31.8 Å². The first-order chi connectivity index (χ1) is 21.9. The molecule has 9 nitrogen and oxygen atoms in total. The van der Waals surface area contributed by atoms with E-state index >= 15 is 0 Å². The highest BCUT2D eigenvalue weighted by molar-refractivity contribution is 7.09. The molecule has 4 aromatic rings. The van der Waals surface area contributed by atoms with Crippen molar-refractivity contribution in [1.29, 1.82) is 0 Å². The van der Waals surface area contributed by atoms with E-state index in [9.17, 15) is 19.2 Å². The number of amides is 3. The second-order valence-corrected chi connectivity index (χ2v) is 11.9. The molecule has 1 aliphatic carbocycles. The van der Waals surface area contributed by atoms with Gasteiger partial charge in [0.25, 0.3) is 11.7 Å². The molecule has 10 heteroatoms. The fraction of sp³-hybridized carbons (Fsp3) is 0.229. The van der Waals surface area contributed by atoms with Gasteiger partial charge in [-0.05, 0) is 61.6 Å². The first-order valence-electron chi connectivity index (χ1n) is 14.8. The lowest BCUT2D eigenvalue weighted by molar-refractivity contribution is -0.140. The Balaban J connectivity index is 1.35. The van der Waals surface area contributed by atoms with Crippen LogP contribution in [0, 0.1) is 5.92 Å². The van der Waals surface area contributed by atoms with Crippen LogP contribution in [0.2, 0.25) is 0 Å². The number of ketones is 1. The highest BCUT2D eigenvalue weighted by Crippen LogP contribution is 2.32. The molecule has 228 valence electrons. The van der Waals surface area contributed by atoms with Crippen LogP contribution < -0.4 is 15.0 Å². The zero-order chi connectivity index (χ0) is 31.3. The molecule has 0 unspecified atom stereocenters. The van der Waals surface area contributed by atoms with Gasteiger partial charge in [-0.2, -0.15) is 0 Å². The minimum absolute atomic E-state index is 0.0644. The molecule has 45 heavy (non-hydrogen) atoms. The van der Waals surface area contributed by atoms with Gasteiger partial charge in [0.15, 0.2) is 0 Å². The van der Waals surface area contributed by atoms with E-state index < -0.39 is 23.6 Å². The summed E-state index contributed by atoms with van der Waals surface area (Å²) in [5, 5.41) is 5.59. The number of thiazole rings is 1. The summed E-state index contributed by atoms with van der Waals surface area (Å²) in [6.07, 6.45) is 6.22. The normalized spacial score (nSPS) is 16.3. The Morgan fingerprint density at radius 1 is 1.02 bits per heavy atom. The van der Waals surface area contributed by atoms with Crippen molar-refractivity contribution in [3.05, 3.63) is 107 Å². The maximum Gasteiger partial charge on any atom is 0.299 e. The summed E-state index contributed by atoms with van der Waals surface area (Å²) >= 11 is 1.41. The molecule has 0 spiro atoms. The van der Waals surface area contributed by atoms with Crippen molar-refractivity contribution in [2.75, 3.05) is 23.9 Å². The van der Waals surface area contributed by atoms with Crippen molar-refractivity contribution in [2.24, 2.45) is 5.92 Å². The molecule has 0 bridgehead atoms. The number of allylic oxidation sites excluding steroid dienone is 2. The van der Waals surface area contributed by atoms with Crippen LogP contribution in [0.15, 0.2) is 96.4 Å². The van der Waals surface area contributed by atoms with Gasteiger partial charge in [-0.15, -0.1) is 11.3 Å². The minimum atomic E-state index is -0.864. The number of nitrogens with zero attached hydrogens (tertiary/aromatic N) is 3. The molecule has 0 radical (unpaired) electrons. The van der Waals surface area contributed by atoms with Crippen molar-refractivity contribution in [3.63, 3.8) is 0 Å². The Kier molecular flexibility index (Phi) is 8.84. The molecular formula is C35H32N4O5S. The zero-order valence-corrected chi connectivity index (χ0v) is 25.5. The van der Waals surface area contributed by atoms with Crippen LogP contribution in [-0.4, -0.2) is 53.1 Å². The first kappa shape index (κ1) is 30.0. The highest BCUT2D eigenvalue weighted by Gasteiger charge is 2.41. The molecule has 3 amide bonds. The molecule has 2 aliphatic rings. The van der Waals surface area contributed by atoms with Crippen molar-refractivity contribution >= 4 is 46.2 Å². The van der Waals surface area contributed by atoms with Crippen LogP contribution >= 0.6 is 11.3 Å². The third-order valence-electron chi connectivity index (χ3n) is 8.14. The van der Waals surface area contributed by atoms with Crippen LogP contribution in [0.3, 0.4) is 0 Å². The second kappa shape index (κ2) is 13.3. The number of carbonyl (C=O) groups excluding carboxylic acids is 4. The Morgan fingerprint density at radius 2 is 1.78 bits per heavy atom. The number of aromatic nitrogens is 1. The predicted molar refractivity (Wildman–Crippen MR) is 173 cm³/mol. The van der Waals surface area contributed by atoms with Crippen molar-refractivity contribution in [1.82, 2.24) is 9.88 Å². The summed E-state index contributed by atoms with van der Waals surface area (Å²) in [6.45, 7) is -0.317. The van der Waals surface area contributed by atoms with Gasteiger partial charge in [0.05, 0.1) is 30.6 Å². The average molecular weight is 621 g/mol. The maximum absolute atomic E-state index is 14.3. The number of rotatable bonds is 10. The summed E-state index contributed by atoms with van der Waals surface area (Å²) in [6, 6.07) is 22.5. The van der Waals surface area contributed by atoms with E-state index in [1.165, 1.54) is 21.1 Å². The van der Waals surface area contributed by atoms with Crippen LogP contribution in [-0.2, 0) is 20.9 Å². The highest BCUT2D eigenvalue weighted by atomic mass is 32.1. The third-order valence-corrected chi connectivity index (χ3v) is 8.97. The number of nitrogens with one attached hydrogen (secondary N) is 1. The SMILES string of the molecule is COc1ccc(NC(=O)[C@@H]([C@@H]2CC=CCC2)N(Cc2nc(-c3ccccc3)cs2)C(=O)CN2C(=O)C(=O)c3ccccc32)cc1. The van der Waals surface area contributed by atoms with E-state index in [1.807, 2.05) is 41.8 Å². The van der Waals surface area contributed by atoms with Crippen LogP contribution in [0.25, 0.3) is 11.3 Å². The predicted octanol–water partition coefficient (Wildman–Crippen LogP) is 5.74. The van der Waals surface area contributed by atoms with Gasteiger partial charge in [0, 0.05) is 16.6 Å². The lowest BCUT2D eigenvalue weighted by Crippen LogP contribution is -2.54. The van der Waals surface area contributed by atoms with E-state index in [0.717, 1.165) is 17.7 Å². The summed E-state index contributed by atoms with van der Waals surface area (Å²) in [5.41, 5.74) is 2.94. The van der Waals surface area contributed by atoms with Gasteiger partial charge < -0.3 is 15.0 Å². The molecule has 1 N–H and O–H groups in total. The number of carbonyl (C=O) groups is 4. The molecule has 0 fully saturated rings. The van der Waals surface area contributed by atoms with Gasteiger partial charge in [-0.3, -0.25) is 24.1 Å². The lowest BCUT2D eigenvalue weighted by Gasteiger charge is -2.37. The fourth-order valence-electron chi connectivity index (χ4n) is 5.85. The van der Waals surface area contributed by atoms with Gasteiger partial charge in [-0.25, -0.2) is 4.98 Å². The van der Waals surface area contributed by atoms with Crippen molar-refractivity contribution < 1.29 is 23.9 Å². The van der Waals surface area contributed by atoms with E-state index in [-0.39, 0.29) is 30.5 Å². The fourth-order valence-corrected chi connectivity index (χ4v) is 6.65. The Labute approximate surface area is 265 Å². The Bertz CT molecular complexity index is 1750. The number of benzene rings is 3. The Morgan fingerprint density at radius 3 is 2.51 bits per heavy atom. The molecular weight excluding hydrogens is 588 g/mol. The molecule has 1 aliphatic heterocycles. The summed E-state index contributed by atoms with van der Waals surface area (Å²) in [4.78, 5) is 61.8. The number of ether oxygens (including phenoxy) is 1. The monoisotopic (exact) mass is 620 g/mol. The van der Waals surface area contributed by atoms with Crippen LogP contribution in [0.1, 0.15) is 34.6 Å². The molecule has 6 rings (SSSR count). The molecule has 3 aromatic carbocycles. The number of hydrogen-bond acceptors (Lipinski definition) is 7. The molecule has 2 atom stereocenters. The molecule has 1 aromatic heterocycles. The number of anilines is 2. The van der Waals surface area contributed by atoms with E-state index in [2.05, 4.69) is 11.4 Å². The van der Waals surface area contributed by atoms with E-state index in [4.69, 9.17) is 9.72 Å². The molecule has 0 saturated carbocycles. The van der Waals surface area contributed by atoms with Gasteiger partial charge in [0.1, 0.15) is 23.3 Å². The van der Waals surface area contributed by atoms with Crippen LogP contribution in [0.4, 0.5) is 11.4 Å². The standard InChI is InChI=1S/C35H32N4O5S/c1-44-26-18-16-25(17-19-26)36-34(42)32(24-12-6-3-7-13-24)39(20-30-37-28(22-45-30)23-10-4-2-5-11-23)31(40)21-38-29-15-9-8-14-27(29)33(41)35(38)43/h2-6,8-11,14-19,22,24,32H,7,12-13,20-21H2,1H3,(H,36,42)/t24-,32-/m1/s1. The van der Waals surface area contributed by atoms with Gasteiger partial charge in [0.2, 0.25) is 11.8 Å². The summed E-state index contributed by atoms with van der Waals surface area (Å²) in [7, 11) is 1.57. The number of methoxy groups -OCH3 is 1. The molecule has 2 heterocycles. The number of fused-ring (bicyclic) bond motifs is 1. The zero-order valence-electron chi connectivity index (χ0n) is 24.7. The lowest BCUT2D eigenvalue weighted by atomic mass is 9.86. The average Bonchev–Trinajstić information content (AvgIpc) is 3.64. The van der Waals surface area contributed by atoms with Gasteiger partial charge in [-0.1, -0.05) is 54.6 Å². The number of para-hydroxylation sites is 1. The summed E-state index contributed by atoms with van der Waals surface area (Å²) in [5.74, 6) is -1.71. The minimum Gasteiger partial charge on any atom is -0.497 e. The number of hydrogen-bond donors (Lipinski definition) is 1. The number of Topliss-reactive ketones (excluding diaryl/α,β-unsaturated/α-hetero) is 1. The van der Waals surface area contributed by atoms with Gasteiger partial charge >= 0.3 is 0 Å². The van der Waals surface area contributed by atoms with Crippen molar-refractivity contribution in [3.8, 4) is 17.0 Å². The second-order valence-electron chi connectivity index (χ2n) is 11.0. The maximum atomic E-state index is 14.3. The van der Waals surface area contributed by atoms with Crippen LogP contribution in [0.5, 0.6) is 5.75 Å². The largest absolute Gasteiger partial charge is 0.497 e. The quantitative estimate of drug-likeness (QED) is 0.179. The smallest absolute Gasteiger partial charge is 0.299 e. The topological polar surface area (TPSA) is 109 Å².